The van der Waals surface area contributed by atoms with Crippen molar-refractivity contribution in [1.29, 1.82) is 0 Å². The van der Waals surface area contributed by atoms with Crippen LogP contribution >= 0.6 is 27.3 Å². The molecule has 0 aromatic carbocycles. The average molecular weight is 317 g/mol. The fraction of sp³-hybridized carbons (Fsp3) is 0.583. The third-order valence-electron chi connectivity index (χ3n) is 3.30. The van der Waals surface area contributed by atoms with Crippen LogP contribution in [0.5, 0.6) is 0 Å². The van der Waals surface area contributed by atoms with Gasteiger partial charge < -0.3 is 10.6 Å². The Morgan fingerprint density at radius 3 is 2.71 bits per heavy atom. The van der Waals surface area contributed by atoms with Gasteiger partial charge in [0, 0.05) is 13.1 Å². The molecule has 1 aromatic heterocycles. The first-order valence-electron chi connectivity index (χ1n) is 5.87. The Morgan fingerprint density at radius 2 is 2.24 bits per heavy atom. The number of carbonyl (C=O) groups is 1. The van der Waals surface area contributed by atoms with Crippen molar-refractivity contribution < 1.29 is 4.79 Å². The summed E-state index contributed by atoms with van der Waals surface area (Å²) in [7, 11) is 0. The monoisotopic (exact) mass is 316 g/mol. The molecule has 1 saturated heterocycles. The smallest absolute Gasteiger partial charge is 0.263 e. The third-order valence-corrected chi connectivity index (χ3v) is 5.43. The summed E-state index contributed by atoms with van der Waals surface area (Å²) in [4.78, 5) is 15.0. The number of nitrogens with zero attached hydrogens (tertiary/aromatic N) is 1. The molecule has 3 nitrogen and oxygen atoms in total. The number of aryl methyl sites for hydroxylation is 1. The number of rotatable bonds is 2. The van der Waals surface area contributed by atoms with Gasteiger partial charge in [-0.3, -0.25) is 4.79 Å². The van der Waals surface area contributed by atoms with E-state index in [4.69, 9.17) is 5.73 Å². The van der Waals surface area contributed by atoms with Gasteiger partial charge in [0.15, 0.2) is 0 Å². The number of amides is 1. The average Bonchev–Trinajstić information content (AvgIpc) is 2.69. The van der Waals surface area contributed by atoms with Crippen molar-refractivity contribution in [3.63, 3.8) is 0 Å². The Kier molecular flexibility index (Phi) is 4.22. The highest BCUT2D eigenvalue weighted by Crippen LogP contribution is 2.29. The van der Waals surface area contributed by atoms with Gasteiger partial charge in [-0.1, -0.05) is 0 Å². The van der Waals surface area contributed by atoms with E-state index in [0.29, 0.717) is 5.92 Å². The SMILES string of the molecule is Cc1cc(C(=O)N2CCC(CN)CC2)sc1Br. The number of carbonyl (C=O) groups excluding carboxylic acids is 1. The van der Waals surface area contributed by atoms with Crippen LogP contribution in [-0.4, -0.2) is 30.4 Å². The molecule has 0 unspecified atom stereocenters. The fourth-order valence-electron chi connectivity index (χ4n) is 2.09. The molecule has 17 heavy (non-hydrogen) atoms. The van der Waals surface area contributed by atoms with Gasteiger partial charge in [0.05, 0.1) is 8.66 Å². The summed E-state index contributed by atoms with van der Waals surface area (Å²) in [6.45, 7) is 4.44. The van der Waals surface area contributed by atoms with Crippen molar-refractivity contribution >= 4 is 33.2 Å². The molecule has 0 spiro atoms. The van der Waals surface area contributed by atoms with E-state index in [1.165, 1.54) is 11.3 Å². The van der Waals surface area contributed by atoms with Gasteiger partial charge in [-0.25, -0.2) is 0 Å². The lowest BCUT2D eigenvalue weighted by atomic mass is 9.97. The highest BCUT2D eigenvalue weighted by atomic mass is 79.9. The van der Waals surface area contributed by atoms with Crippen LogP contribution < -0.4 is 5.73 Å². The lowest BCUT2D eigenvalue weighted by Gasteiger charge is -2.31. The second-order valence-corrected chi connectivity index (χ2v) is 6.91. The minimum Gasteiger partial charge on any atom is -0.338 e. The molecule has 1 aliphatic rings. The van der Waals surface area contributed by atoms with Crippen molar-refractivity contribution in [2.24, 2.45) is 11.7 Å². The van der Waals surface area contributed by atoms with Gasteiger partial charge in [-0.2, -0.15) is 0 Å². The summed E-state index contributed by atoms with van der Waals surface area (Å²) in [5, 5.41) is 0. The molecule has 2 rings (SSSR count). The molecule has 0 radical (unpaired) electrons. The first-order valence-corrected chi connectivity index (χ1v) is 7.48. The van der Waals surface area contributed by atoms with Crippen LogP contribution in [0.15, 0.2) is 9.85 Å². The Hall–Kier alpha value is -0.390. The number of piperidine rings is 1. The van der Waals surface area contributed by atoms with Crippen LogP contribution in [0, 0.1) is 12.8 Å². The van der Waals surface area contributed by atoms with Crippen molar-refractivity contribution in [1.82, 2.24) is 4.90 Å². The van der Waals surface area contributed by atoms with Gasteiger partial charge in [-0.05, 0) is 59.8 Å². The molecule has 1 aliphatic heterocycles. The fourth-order valence-corrected chi connectivity index (χ4v) is 3.60. The molecule has 5 heteroatoms. The Bertz CT molecular complexity index is 391. The second kappa shape index (κ2) is 5.50. The van der Waals surface area contributed by atoms with E-state index in [1.54, 1.807) is 0 Å². The zero-order chi connectivity index (χ0) is 12.4. The maximum absolute atomic E-state index is 12.2. The number of halogens is 1. The minimum absolute atomic E-state index is 0.166. The number of nitrogens with two attached hydrogens (primary N) is 1. The van der Waals surface area contributed by atoms with Gasteiger partial charge in [0.25, 0.3) is 5.91 Å². The normalized spacial score (nSPS) is 17.5. The minimum atomic E-state index is 0.166. The van der Waals surface area contributed by atoms with Crippen LogP contribution in [0.1, 0.15) is 28.1 Å². The highest BCUT2D eigenvalue weighted by molar-refractivity contribution is 9.11. The largest absolute Gasteiger partial charge is 0.338 e. The maximum Gasteiger partial charge on any atom is 0.263 e. The maximum atomic E-state index is 12.2. The van der Waals surface area contributed by atoms with E-state index in [1.807, 2.05) is 17.9 Å². The van der Waals surface area contributed by atoms with Crippen molar-refractivity contribution in [2.45, 2.75) is 19.8 Å². The summed E-state index contributed by atoms with van der Waals surface area (Å²) in [6, 6.07) is 1.96. The molecule has 2 heterocycles. The van der Waals surface area contributed by atoms with Gasteiger partial charge in [0.2, 0.25) is 0 Å². The number of hydrogen-bond donors (Lipinski definition) is 1. The van der Waals surface area contributed by atoms with Crippen molar-refractivity contribution in [3.8, 4) is 0 Å². The molecular formula is C12H17BrN2OS. The third kappa shape index (κ3) is 2.89. The molecular weight excluding hydrogens is 300 g/mol. The Labute approximate surface area is 114 Å². The zero-order valence-corrected chi connectivity index (χ0v) is 12.3. The molecule has 1 amide bonds. The molecule has 0 atom stereocenters. The summed E-state index contributed by atoms with van der Waals surface area (Å²) < 4.78 is 1.05. The molecule has 2 N–H and O–H groups in total. The van der Waals surface area contributed by atoms with Crippen molar-refractivity contribution in [3.05, 3.63) is 20.3 Å². The van der Waals surface area contributed by atoms with Crippen LogP contribution in [0.4, 0.5) is 0 Å². The predicted octanol–water partition coefficient (Wildman–Crippen LogP) is 2.63. The van der Waals surface area contributed by atoms with Crippen LogP contribution in [0.25, 0.3) is 0 Å². The summed E-state index contributed by atoms with van der Waals surface area (Å²) in [5.41, 5.74) is 6.79. The zero-order valence-electron chi connectivity index (χ0n) is 9.91. The second-order valence-electron chi connectivity index (χ2n) is 4.54. The summed E-state index contributed by atoms with van der Waals surface area (Å²) in [6.07, 6.45) is 2.07. The quantitative estimate of drug-likeness (QED) is 0.911. The lowest BCUT2D eigenvalue weighted by Crippen LogP contribution is -2.39. The summed E-state index contributed by atoms with van der Waals surface area (Å²) >= 11 is 4.98. The lowest BCUT2D eigenvalue weighted by molar-refractivity contribution is 0.0698. The Balaban J connectivity index is 2.01. The molecule has 1 aromatic rings. The van der Waals surface area contributed by atoms with E-state index in [0.717, 1.165) is 46.7 Å². The first-order chi connectivity index (χ1) is 8.11. The topological polar surface area (TPSA) is 46.3 Å². The van der Waals surface area contributed by atoms with Crippen LogP contribution in [0.3, 0.4) is 0 Å². The first kappa shape index (κ1) is 13.1. The van der Waals surface area contributed by atoms with E-state index in [2.05, 4.69) is 15.9 Å². The molecule has 0 aliphatic carbocycles. The molecule has 0 saturated carbocycles. The van der Waals surface area contributed by atoms with E-state index >= 15 is 0 Å². The number of thiophene rings is 1. The predicted molar refractivity (Wildman–Crippen MR) is 74.4 cm³/mol. The number of hydrogen-bond acceptors (Lipinski definition) is 3. The van der Waals surface area contributed by atoms with Crippen LogP contribution in [-0.2, 0) is 0 Å². The van der Waals surface area contributed by atoms with E-state index in [9.17, 15) is 4.79 Å². The van der Waals surface area contributed by atoms with Crippen molar-refractivity contribution in [2.75, 3.05) is 19.6 Å². The standard InChI is InChI=1S/C12H17BrN2OS/c1-8-6-10(17-11(8)13)12(16)15-4-2-9(7-14)3-5-15/h6,9H,2-5,7,14H2,1H3. The van der Waals surface area contributed by atoms with Gasteiger partial charge in [-0.15, -0.1) is 11.3 Å². The van der Waals surface area contributed by atoms with E-state index in [-0.39, 0.29) is 5.91 Å². The molecule has 1 fully saturated rings. The Morgan fingerprint density at radius 1 is 1.59 bits per heavy atom. The molecule has 94 valence electrons. The van der Waals surface area contributed by atoms with E-state index < -0.39 is 0 Å². The summed E-state index contributed by atoms with van der Waals surface area (Å²) in [5.74, 6) is 0.759. The van der Waals surface area contributed by atoms with Gasteiger partial charge in [0.1, 0.15) is 0 Å². The number of likely N-dealkylation sites (tertiary alicyclic amines) is 1. The highest BCUT2D eigenvalue weighted by Gasteiger charge is 2.24. The molecule has 0 bridgehead atoms. The van der Waals surface area contributed by atoms with Crippen LogP contribution in [0.2, 0.25) is 0 Å². The van der Waals surface area contributed by atoms with Gasteiger partial charge >= 0.3 is 0 Å².